The van der Waals surface area contributed by atoms with Crippen LogP contribution in [0.3, 0.4) is 0 Å². The van der Waals surface area contributed by atoms with Crippen LogP contribution in [0.2, 0.25) is 0 Å². The number of amides is 1. The molecule has 0 radical (unpaired) electrons. The quantitative estimate of drug-likeness (QED) is 0.384. The van der Waals surface area contributed by atoms with Crippen molar-refractivity contribution in [3.8, 4) is 5.75 Å². The smallest absolute Gasteiger partial charge is 0.343 e. The van der Waals surface area contributed by atoms with Crippen LogP contribution in [0.15, 0.2) is 59.7 Å². The summed E-state index contributed by atoms with van der Waals surface area (Å²) in [4.78, 5) is 24.2. The molecule has 0 bridgehead atoms. The maximum Gasteiger partial charge on any atom is 0.343 e. The summed E-state index contributed by atoms with van der Waals surface area (Å²) in [6, 6.07) is 15.8. The van der Waals surface area contributed by atoms with Crippen LogP contribution < -0.4 is 10.2 Å². The van der Waals surface area contributed by atoms with E-state index in [4.69, 9.17) is 4.74 Å². The van der Waals surface area contributed by atoms with Gasteiger partial charge in [0, 0.05) is 5.92 Å². The van der Waals surface area contributed by atoms with E-state index in [2.05, 4.69) is 10.5 Å². The molecule has 2 aromatic rings. The summed E-state index contributed by atoms with van der Waals surface area (Å²) < 4.78 is 5.38. The van der Waals surface area contributed by atoms with Gasteiger partial charge in [-0.05, 0) is 42.7 Å². The van der Waals surface area contributed by atoms with E-state index >= 15 is 0 Å². The molecule has 0 aromatic heterocycles. The molecule has 134 valence electrons. The Kier molecular flexibility index (Phi) is 6.14. The highest BCUT2D eigenvalue weighted by Crippen LogP contribution is 2.23. The van der Waals surface area contributed by atoms with Crippen LogP contribution >= 0.6 is 0 Å². The minimum absolute atomic E-state index is 0.0207. The van der Waals surface area contributed by atoms with Crippen LogP contribution in [0, 0.1) is 5.92 Å². The first-order valence-corrected chi connectivity index (χ1v) is 8.92. The molecule has 1 aliphatic carbocycles. The number of hydrogen-bond acceptors (Lipinski definition) is 4. The van der Waals surface area contributed by atoms with Crippen LogP contribution in [-0.2, 0) is 4.79 Å². The molecule has 0 saturated heterocycles. The lowest BCUT2D eigenvalue weighted by molar-refractivity contribution is -0.125. The van der Waals surface area contributed by atoms with Gasteiger partial charge in [0.2, 0.25) is 5.91 Å². The van der Waals surface area contributed by atoms with Gasteiger partial charge in [-0.15, -0.1) is 0 Å². The fourth-order valence-corrected chi connectivity index (χ4v) is 3.03. The van der Waals surface area contributed by atoms with Gasteiger partial charge in [0.1, 0.15) is 5.75 Å². The SMILES string of the molecule is O=C(Oc1cccc(C=NNC(=O)C2CCCCC2)c1)c1ccccc1. The molecule has 5 heteroatoms. The van der Waals surface area contributed by atoms with Crippen molar-refractivity contribution < 1.29 is 14.3 Å². The van der Waals surface area contributed by atoms with E-state index < -0.39 is 5.97 Å². The average Bonchev–Trinajstić information content (AvgIpc) is 2.69. The van der Waals surface area contributed by atoms with Gasteiger partial charge >= 0.3 is 5.97 Å². The molecule has 0 atom stereocenters. The zero-order valence-electron chi connectivity index (χ0n) is 14.6. The Morgan fingerprint density at radius 2 is 1.77 bits per heavy atom. The van der Waals surface area contributed by atoms with Crippen LogP contribution in [0.5, 0.6) is 5.75 Å². The maximum atomic E-state index is 12.1. The van der Waals surface area contributed by atoms with Crippen molar-refractivity contribution in [3.63, 3.8) is 0 Å². The number of nitrogens with zero attached hydrogens (tertiary/aromatic N) is 1. The van der Waals surface area contributed by atoms with Gasteiger partial charge < -0.3 is 4.74 Å². The van der Waals surface area contributed by atoms with Crippen LogP contribution in [-0.4, -0.2) is 18.1 Å². The molecule has 26 heavy (non-hydrogen) atoms. The fourth-order valence-electron chi connectivity index (χ4n) is 3.03. The summed E-state index contributed by atoms with van der Waals surface area (Å²) in [6.45, 7) is 0. The summed E-state index contributed by atoms with van der Waals surface area (Å²) in [5.74, 6) is 0.0679. The second kappa shape index (κ2) is 8.94. The number of ether oxygens (including phenoxy) is 1. The highest BCUT2D eigenvalue weighted by Gasteiger charge is 2.20. The molecule has 2 aromatic carbocycles. The zero-order chi connectivity index (χ0) is 18.2. The van der Waals surface area contributed by atoms with Crippen molar-refractivity contribution in [2.45, 2.75) is 32.1 Å². The Morgan fingerprint density at radius 3 is 2.54 bits per heavy atom. The third-order valence-electron chi connectivity index (χ3n) is 4.44. The minimum Gasteiger partial charge on any atom is -0.423 e. The lowest BCUT2D eigenvalue weighted by Gasteiger charge is -2.19. The first kappa shape index (κ1) is 17.9. The first-order chi connectivity index (χ1) is 12.7. The number of hydrazone groups is 1. The number of nitrogens with one attached hydrogen (secondary N) is 1. The van der Waals surface area contributed by atoms with Crippen molar-refractivity contribution in [1.82, 2.24) is 5.43 Å². The maximum absolute atomic E-state index is 12.1. The molecule has 1 amide bonds. The van der Waals surface area contributed by atoms with Crippen molar-refractivity contribution in [2.75, 3.05) is 0 Å². The molecule has 5 nitrogen and oxygen atoms in total. The van der Waals surface area contributed by atoms with Gasteiger partial charge in [0.05, 0.1) is 11.8 Å². The molecule has 0 heterocycles. The van der Waals surface area contributed by atoms with E-state index in [0.29, 0.717) is 11.3 Å². The summed E-state index contributed by atoms with van der Waals surface area (Å²) in [6.07, 6.45) is 6.86. The van der Waals surface area contributed by atoms with E-state index in [1.165, 1.54) is 6.42 Å². The van der Waals surface area contributed by atoms with E-state index in [-0.39, 0.29) is 11.8 Å². The normalized spacial score (nSPS) is 14.9. The molecule has 1 fully saturated rings. The average molecular weight is 350 g/mol. The number of rotatable bonds is 5. The number of benzene rings is 2. The standard InChI is InChI=1S/C21H22N2O3/c24-20(17-9-3-1-4-10-17)23-22-15-16-8-7-13-19(14-16)26-21(25)18-11-5-2-6-12-18/h2,5-8,11-15,17H,1,3-4,9-10H2,(H,23,24). The van der Waals surface area contributed by atoms with E-state index in [9.17, 15) is 9.59 Å². The Balaban J connectivity index is 1.56. The predicted molar refractivity (Wildman–Crippen MR) is 100 cm³/mol. The molecular formula is C21H22N2O3. The molecule has 0 aliphatic heterocycles. The summed E-state index contributed by atoms with van der Waals surface area (Å²) in [5, 5.41) is 4.03. The predicted octanol–water partition coefficient (Wildman–Crippen LogP) is 3.94. The van der Waals surface area contributed by atoms with Crippen molar-refractivity contribution in [2.24, 2.45) is 11.0 Å². The molecular weight excluding hydrogens is 328 g/mol. The molecule has 1 N–H and O–H groups in total. The first-order valence-electron chi connectivity index (χ1n) is 8.92. The highest BCUT2D eigenvalue weighted by molar-refractivity contribution is 5.91. The topological polar surface area (TPSA) is 67.8 Å². The number of carbonyl (C=O) groups is 2. The Hall–Kier alpha value is -2.95. The number of carbonyl (C=O) groups excluding carboxylic acids is 2. The molecule has 1 saturated carbocycles. The van der Waals surface area contributed by atoms with Crippen molar-refractivity contribution in [3.05, 3.63) is 65.7 Å². The fraction of sp³-hybridized carbons (Fsp3) is 0.286. The van der Waals surface area contributed by atoms with Gasteiger partial charge in [-0.2, -0.15) is 5.10 Å². The van der Waals surface area contributed by atoms with Crippen molar-refractivity contribution in [1.29, 1.82) is 0 Å². The largest absolute Gasteiger partial charge is 0.423 e. The summed E-state index contributed by atoms with van der Waals surface area (Å²) in [7, 11) is 0. The van der Waals surface area contributed by atoms with E-state index in [0.717, 1.165) is 31.2 Å². The van der Waals surface area contributed by atoms with Gasteiger partial charge in [0.15, 0.2) is 0 Å². The second-order valence-corrected chi connectivity index (χ2v) is 6.40. The van der Waals surface area contributed by atoms with Gasteiger partial charge in [-0.25, -0.2) is 10.2 Å². The Morgan fingerprint density at radius 1 is 1.00 bits per heavy atom. The number of esters is 1. The summed E-state index contributed by atoms with van der Waals surface area (Å²) in [5.41, 5.74) is 3.84. The second-order valence-electron chi connectivity index (χ2n) is 6.40. The van der Waals surface area contributed by atoms with Crippen molar-refractivity contribution >= 4 is 18.1 Å². The highest BCUT2D eigenvalue weighted by atomic mass is 16.5. The third kappa shape index (κ3) is 5.02. The molecule has 0 spiro atoms. The zero-order valence-corrected chi connectivity index (χ0v) is 14.6. The van der Waals surface area contributed by atoms with Crippen LogP contribution in [0.4, 0.5) is 0 Å². The van der Waals surface area contributed by atoms with Gasteiger partial charge in [-0.1, -0.05) is 49.6 Å². The monoisotopic (exact) mass is 350 g/mol. The lowest BCUT2D eigenvalue weighted by atomic mass is 9.89. The minimum atomic E-state index is -0.412. The van der Waals surface area contributed by atoms with E-state index in [1.807, 2.05) is 12.1 Å². The number of hydrogen-bond donors (Lipinski definition) is 1. The summed E-state index contributed by atoms with van der Waals surface area (Å²) >= 11 is 0. The van der Waals surface area contributed by atoms with Gasteiger partial charge in [-0.3, -0.25) is 4.79 Å². The molecule has 3 rings (SSSR count). The van der Waals surface area contributed by atoms with E-state index in [1.54, 1.807) is 48.7 Å². The van der Waals surface area contributed by atoms with Gasteiger partial charge in [0.25, 0.3) is 0 Å². The Bertz CT molecular complexity index is 781. The molecule has 1 aliphatic rings. The lowest BCUT2D eigenvalue weighted by Crippen LogP contribution is -2.28. The van der Waals surface area contributed by atoms with Crippen LogP contribution in [0.1, 0.15) is 48.0 Å². The van der Waals surface area contributed by atoms with Crippen LogP contribution in [0.25, 0.3) is 0 Å². The third-order valence-corrected chi connectivity index (χ3v) is 4.44. The Labute approximate surface area is 153 Å². The molecule has 0 unspecified atom stereocenters.